The number of hydrogen-bond acceptors (Lipinski definition) is 4. The lowest BCUT2D eigenvalue weighted by atomic mass is 10.1. The molecule has 0 unspecified atom stereocenters. The Morgan fingerprint density at radius 3 is 2.35 bits per heavy atom. The minimum absolute atomic E-state index is 0.214. The molecule has 5 nitrogen and oxygen atoms in total. The first kappa shape index (κ1) is 20.5. The summed E-state index contributed by atoms with van der Waals surface area (Å²) >= 11 is 0. The molecule has 1 N–H and O–H groups in total. The van der Waals surface area contributed by atoms with E-state index in [2.05, 4.69) is 39.2 Å². The third-order valence-electron chi connectivity index (χ3n) is 4.64. The summed E-state index contributed by atoms with van der Waals surface area (Å²) in [5.41, 5.74) is -0.442. The van der Waals surface area contributed by atoms with Gasteiger partial charge in [-0.25, -0.2) is 4.79 Å². The van der Waals surface area contributed by atoms with E-state index in [0.717, 1.165) is 19.6 Å². The Kier molecular flexibility index (Phi) is 6.70. The van der Waals surface area contributed by atoms with E-state index >= 15 is 0 Å². The van der Waals surface area contributed by atoms with Crippen molar-refractivity contribution in [2.24, 2.45) is 0 Å². The topological polar surface area (TPSA) is 50.8 Å². The van der Waals surface area contributed by atoms with Crippen molar-refractivity contribution in [1.82, 2.24) is 10.2 Å². The maximum atomic E-state index is 12.2. The Labute approximate surface area is 143 Å². The average Bonchev–Trinajstić information content (AvgIpc) is 2.35. The summed E-state index contributed by atoms with van der Waals surface area (Å²) in [6.07, 6.45) is 0.709. The van der Waals surface area contributed by atoms with Crippen LogP contribution in [0.15, 0.2) is 0 Å². The molecule has 136 valence electrons. The van der Waals surface area contributed by atoms with Crippen molar-refractivity contribution in [3.05, 3.63) is 0 Å². The van der Waals surface area contributed by atoms with Crippen LogP contribution in [0.2, 0.25) is 18.1 Å². The number of nitrogens with zero attached hydrogens (tertiary/aromatic N) is 1. The fourth-order valence-electron chi connectivity index (χ4n) is 2.18. The Hall–Kier alpha value is -0.593. The van der Waals surface area contributed by atoms with Crippen LogP contribution in [0.3, 0.4) is 0 Å². The second-order valence-electron chi connectivity index (χ2n) is 8.97. The molecule has 1 heterocycles. The van der Waals surface area contributed by atoms with Gasteiger partial charge in [-0.2, -0.15) is 0 Å². The molecule has 0 aromatic rings. The quantitative estimate of drug-likeness (QED) is 0.792. The van der Waals surface area contributed by atoms with E-state index in [0.29, 0.717) is 13.1 Å². The number of ether oxygens (including phenoxy) is 1. The largest absolute Gasteiger partial charge is 0.444 e. The second-order valence-corrected chi connectivity index (χ2v) is 13.8. The standard InChI is InChI=1S/C17H36N2O3Si/c1-16(2,3)22-15(20)19-11-10-18-14(13-19)9-12-21-23(7,8)17(4,5)6/h14,18H,9-13H2,1-8H3/t14-/m1/s1. The van der Waals surface area contributed by atoms with Crippen LogP contribution in [0.5, 0.6) is 0 Å². The highest BCUT2D eigenvalue weighted by atomic mass is 28.4. The van der Waals surface area contributed by atoms with Crippen molar-refractivity contribution in [1.29, 1.82) is 0 Å². The first-order valence-corrected chi connectivity index (χ1v) is 11.6. The second kappa shape index (κ2) is 7.53. The Morgan fingerprint density at radius 1 is 1.22 bits per heavy atom. The fourth-order valence-corrected chi connectivity index (χ4v) is 3.25. The average molecular weight is 345 g/mol. The van der Waals surface area contributed by atoms with Crippen molar-refractivity contribution in [2.75, 3.05) is 26.2 Å². The van der Waals surface area contributed by atoms with Gasteiger partial charge in [0.25, 0.3) is 0 Å². The van der Waals surface area contributed by atoms with E-state index in [9.17, 15) is 4.79 Å². The van der Waals surface area contributed by atoms with Crippen LogP contribution >= 0.6 is 0 Å². The Balaban J connectivity index is 2.43. The molecule has 0 aromatic heterocycles. The van der Waals surface area contributed by atoms with E-state index in [1.807, 2.05) is 20.8 Å². The number of rotatable bonds is 4. The zero-order valence-corrected chi connectivity index (χ0v) is 17.3. The van der Waals surface area contributed by atoms with Crippen molar-refractivity contribution >= 4 is 14.4 Å². The van der Waals surface area contributed by atoms with Crippen molar-refractivity contribution in [3.63, 3.8) is 0 Å². The van der Waals surface area contributed by atoms with Gasteiger partial charge >= 0.3 is 6.09 Å². The number of hydrogen-bond donors (Lipinski definition) is 1. The van der Waals surface area contributed by atoms with Gasteiger partial charge in [-0.15, -0.1) is 0 Å². The van der Waals surface area contributed by atoms with Crippen molar-refractivity contribution in [2.45, 2.75) is 77.7 Å². The summed E-state index contributed by atoms with van der Waals surface area (Å²) in [5.74, 6) is 0. The molecule has 1 aliphatic heterocycles. The third kappa shape index (κ3) is 6.81. The minimum Gasteiger partial charge on any atom is -0.444 e. The summed E-state index contributed by atoms with van der Waals surface area (Å²) in [7, 11) is -1.69. The third-order valence-corrected chi connectivity index (χ3v) is 9.18. The van der Waals surface area contributed by atoms with Crippen molar-refractivity contribution < 1.29 is 14.0 Å². The molecule has 23 heavy (non-hydrogen) atoms. The van der Waals surface area contributed by atoms with Crippen LogP contribution in [0.4, 0.5) is 4.79 Å². The minimum atomic E-state index is -1.69. The van der Waals surface area contributed by atoms with Gasteiger partial charge in [0.15, 0.2) is 8.32 Å². The predicted octanol–water partition coefficient (Wildman–Crippen LogP) is 3.61. The van der Waals surface area contributed by atoms with Crippen molar-refractivity contribution in [3.8, 4) is 0 Å². The summed E-state index contributed by atoms with van der Waals surface area (Å²) in [4.78, 5) is 14.0. The highest BCUT2D eigenvalue weighted by molar-refractivity contribution is 6.74. The van der Waals surface area contributed by atoms with Gasteiger partial charge in [-0.1, -0.05) is 20.8 Å². The smallest absolute Gasteiger partial charge is 0.410 e. The molecular formula is C17H36N2O3Si. The zero-order chi connectivity index (χ0) is 17.9. The van der Waals surface area contributed by atoms with E-state index in [4.69, 9.17) is 9.16 Å². The maximum absolute atomic E-state index is 12.2. The molecule has 1 rings (SSSR count). The number of carbonyl (C=O) groups is 1. The molecule has 0 aliphatic carbocycles. The van der Waals surface area contributed by atoms with Gasteiger partial charge in [-0.3, -0.25) is 0 Å². The maximum Gasteiger partial charge on any atom is 0.410 e. The molecule has 1 atom stereocenters. The summed E-state index contributed by atoms with van der Waals surface area (Å²) in [6.45, 7) is 20.0. The van der Waals surface area contributed by atoms with E-state index < -0.39 is 13.9 Å². The lowest BCUT2D eigenvalue weighted by molar-refractivity contribution is 0.0187. The number of nitrogens with one attached hydrogen (secondary N) is 1. The molecule has 1 saturated heterocycles. The molecule has 0 aromatic carbocycles. The number of amides is 1. The van der Waals surface area contributed by atoms with Crippen LogP contribution in [-0.2, 0) is 9.16 Å². The summed E-state index contributed by atoms with van der Waals surface area (Å²) in [6, 6.07) is 0.279. The molecule has 1 fully saturated rings. The van der Waals surface area contributed by atoms with E-state index in [1.165, 1.54) is 0 Å². The lowest BCUT2D eigenvalue weighted by Gasteiger charge is -2.38. The van der Waals surface area contributed by atoms with Gasteiger partial charge in [-0.05, 0) is 45.3 Å². The molecule has 1 aliphatic rings. The van der Waals surface area contributed by atoms with Crippen LogP contribution in [0.1, 0.15) is 48.0 Å². The van der Waals surface area contributed by atoms with Gasteiger partial charge < -0.3 is 19.4 Å². The van der Waals surface area contributed by atoms with Crippen LogP contribution < -0.4 is 5.32 Å². The number of carbonyl (C=O) groups excluding carboxylic acids is 1. The highest BCUT2D eigenvalue weighted by Gasteiger charge is 2.37. The Bertz CT molecular complexity index is 400. The molecule has 0 bridgehead atoms. The van der Waals surface area contributed by atoms with E-state index in [-0.39, 0.29) is 17.2 Å². The van der Waals surface area contributed by atoms with Gasteiger partial charge in [0.05, 0.1) is 0 Å². The predicted molar refractivity (Wildman–Crippen MR) is 97.4 cm³/mol. The molecule has 0 spiro atoms. The van der Waals surface area contributed by atoms with Crippen LogP contribution in [-0.4, -0.2) is 57.2 Å². The molecule has 0 radical (unpaired) electrons. The van der Waals surface area contributed by atoms with E-state index in [1.54, 1.807) is 4.90 Å². The van der Waals surface area contributed by atoms with Gasteiger partial charge in [0, 0.05) is 32.3 Å². The van der Waals surface area contributed by atoms with Crippen LogP contribution in [0.25, 0.3) is 0 Å². The number of piperazine rings is 1. The zero-order valence-electron chi connectivity index (χ0n) is 16.3. The monoisotopic (exact) mass is 344 g/mol. The molecule has 1 amide bonds. The summed E-state index contributed by atoms with van der Waals surface area (Å²) < 4.78 is 11.7. The molecular weight excluding hydrogens is 308 g/mol. The van der Waals surface area contributed by atoms with Crippen LogP contribution in [0, 0.1) is 0 Å². The Morgan fingerprint density at radius 2 is 1.83 bits per heavy atom. The fraction of sp³-hybridized carbons (Fsp3) is 0.941. The van der Waals surface area contributed by atoms with Gasteiger partial charge in [0.1, 0.15) is 5.60 Å². The first-order valence-electron chi connectivity index (χ1n) is 8.67. The SMILES string of the molecule is CC(C)(C)OC(=O)N1CCN[C@H](CCO[Si](C)(C)C(C)(C)C)C1. The molecule has 0 saturated carbocycles. The highest BCUT2D eigenvalue weighted by Crippen LogP contribution is 2.36. The first-order chi connectivity index (χ1) is 10.3. The lowest BCUT2D eigenvalue weighted by Crippen LogP contribution is -2.54. The summed E-state index contributed by atoms with van der Waals surface area (Å²) in [5, 5.41) is 3.71. The van der Waals surface area contributed by atoms with Gasteiger partial charge in [0.2, 0.25) is 0 Å². The normalized spacial score (nSPS) is 20.5. The molecule has 6 heteroatoms.